The first-order valence-electron chi connectivity index (χ1n) is 8.70. The first-order chi connectivity index (χ1) is 13.5. The van der Waals surface area contributed by atoms with Gasteiger partial charge < -0.3 is 19.7 Å². The third kappa shape index (κ3) is 3.66. The van der Waals surface area contributed by atoms with Gasteiger partial charge in [0, 0.05) is 17.8 Å². The fourth-order valence-electron chi connectivity index (χ4n) is 3.22. The number of carbonyl (C=O) groups is 3. The fraction of sp³-hybridized carbons (Fsp3) is 0.421. The van der Waals surface area contributed by atoms with Gasteiger partial charge in [0.15, 0.2) is 0 Å². The SMILES string of the molecule is CCCN1C(=O)C(NC(=O)c2cccc(OC)c2)(C(F)(F)F)C(C(=O)OC)=C1C. The molecular formula is C19H21F3N2O5. The van der Waals surface area contributed by atoms with Gasteiger partial charge in [0.1, 0.15) is 11.3 Å². The average molecular weight is 414 g/mol. The lowest BCUT2D eigenvalue weighted by atomic mass is 9.88. The second-order valence-electron chi connectivity index (χ2n) is 6.34. The largest absolute Gasteiger partial charge is 0.497 e. The maximum atomic E-state index is 14.3. The minimum absolute atomic E-state index is 0.0575. The summed E-state index contributed by atoms with van der Waals surface area (Å²) in [5.41, 5.74) is -4.90. The van der Waals surface area contributed by atoms with Gasteiger partial charge in [-0.15, -0.1) is 0 Å². The number of benzene rings is 1. The topological polar surface area (TPSA) is 84.9 Å². The first-order valence-corrected chi connectivity index (χ1v) is 8.70. The molecule has 10 heteroatoms. The Kier molecular flexibility index (Phi) is 6.24. The van der Waals surface area contributed by atoms with Crippen molar-refractivity contribution in [2.75, 3.05) is 20.8 Å². The van der Waals surface area contributed by atoms with Crippen LogP contribution in [0.2, 0.25) is 0 Å². The van der Waals surface area contributed by atoms with Gasteiger partial charge in [0.25, 0.3) is 17.4 Å². The Labute approximate surface area is 165 Å². The zero-order chi connectivity index (χ0) is 22.0. The zero-order valence-electron chi connectivity index (χ0n) is 16.3. The summed E-state index contributed by atoms with van der Waals surface area (Å²) in [4.78, 5) is 38.7. The molecule has 1 atom stereocenters. The summed E-state index contributed by atoms with van der Waals surface area (Å²) in [6, 6.07) is 5.40. The minimum atomic E-state index is -5.30. The Morgan fingerprint density at radius 1 is 1.24 bits per heavy atom. The van der Waals surface area contributed by atoms with E-state index in [9.17, 15) is 27.6 Å². The van der Waals surface area contributed by atoms with Gasteiger partial charge in [0.05, 0.1) is 14.2 Å². The van der Waals surface area contributed by atoms with Crippen molar-refractivity contribution in [3.8, 4) is 5.75 Å². The number of esters is 1. The van der Waals surface area contributed by atoms with Crippen LogP contribution in [0.3, 0.4) is 0 Å². The minimum Gasteiger partial charge on any atom is -0.497 e. The van der Waals surface area contributed by atoms with Crippen molar-refractivity contribution in [1.82, 2.24) is 10.2 Å². The van der Waals surface area contributed by atoms with Crippen LogP contribution in [-0.4, -0.2) is 55.2 Å². The number of nitrogens with zero attached hydrogens (tertiary/aromatic N) is 1. The molecule has 1 heterocycles. The molecule has 0 saturated heterocycles. The van der Waals surface area contributed by atoms with Gasteiger partial charge in [-0.05, 0) is 31.5 Å². The van der Waals surface area contributed by atoms with E-state index in [2.05, 4.69) is 4.74 Å². The number of hydrogen-bond donors (Lipinski definition) is 1. The predicted octanol–water partition coefficient (Wildman–Crippen LogP) is 2.43. The molecule has 158 valence electrons. The van der Waals surface area contributed by atoms with Crippen LogP contribution in [0, 0.1) is 0 Å². The third-order valence-electron chi connectivity index (χ3n) is 4.60. The van der Waals surface area contributed by atoms with Crippen LogP contribution in [0.4, 0.5) is 13.2 Å². The van der Waals surface area contributed by atoms with Crippen molar-refractivity contribution in [2.45, 2.75) is 32.0 Å². The van der Waals surface area contributed by atoms with Crippen LogP contribution in [0.15, 0.2) is 35.5 Å². The highest BCUT2D eigenvalue weighted by molar-refractivity contribution is 6.11. The molecule has 2 amide bonds. The quantitative estimate of drug-likeness (QED) is 0.723. The summed E-state index contributed by atoms with van der Waals surface area (Å²) in [6.45, 7) is 2.82. The molecule has 1 aliphatic heterocycles. The van der Waals surface area contributed by atoms with E-state index >= 15 is 0 Å². The van der Waals surface area contributed by atoms with E-state index in [1.165, 1.54) is 38.3 Å². The van der Waals surface area contributed by atoms with Crippen LogP contribution >= 0.6 is 0 Å². The molecule has 0 spiro atoms. The summed E-state index contributed by atoms with van der Waals surface area (Å²) in [5, 5.41) is 1.76. The van der Waals surface area contributed by atoms with Crippen LogP contribution in [0.5, 0.6) is 5.75 Å². The molecule has 29 heavy (non-hydrogen) atoms. The lowest BCUT2D eigenvalue weighted by molar-refractivity contribution is -0.192. The number of hydrogen-bond acceptors (Lipinski definition) is 5. The maximum Gasteiger partial charge on any atom is 0.425 e. The molecule has 7 nitrogen and oxygen atoms in total. The van der Waals surface area contributed by atoms with Crippen molar-refractivity contribution in [1.29, 1.82) is 0 Å². The van der Waals surface area contributed by atoms with Crippen molar-refractivity contribution in [2.24, 2.45) is 0 Å². The van der Waals surface area contributed by atoms with Gasteiger partial charge in [-0.2, -0.15) is 13.2 Å². The highest BCUT2D eigenvalue weighted by Crippen LogP contribution is 2.45. The molecule has 1 aliphatic rings. The number of ether oxygens (including phenoxy) is 2. The standard InChI is InChI=1S/C19H21F3N2O5/c1-5-9-24-11(2)14(16(26)29-4)18(17(24)27,19(20,21)22)23-15(25)12-7-6-8-13(10-12)28-3/h6-8,10H,5,9H2,1-4H3,(H,23,25). The first kappa shape index (κ1) is 22.3. The Hall–Kier alpha value is -3.04. The van der Waals surface area contributed by atoms with E-state index in [1.54, 1.807) is 12.2 Å². The number of halogens is 3. The number of nitrogens with one attached hydrogen (secondary N) is 1. The van der Waals surface area contributed by atoms with E-state index in [-0.39, 0.29) is 23.6 Å². The molecule has 1 unspecified atom stereocenters. The number of alkyl halides is 3. The van der Waals surface area contributed by atoms with Gasteiger partial charge in [-0.1, -0.05) is 13.0 Å². The molecule has 0 saturated carbocycles. The fourth-order valence-corrected chi connectivity index (χ4v) is 3.22. The molecule has 0 aromatic heterocycles. The second-order valence-corrected chi connectivity index (χ2v) is 6.34. The van der Waals surface area contributed by atoms with E-state index < -0.39 is 35.1 Å². The van der Waals surface area contributed by atoms with Gasteiger partial charge >= 0.3 is 12.1 Å². The second kappa shape index (κ2) is 8.14. The average Bonchev–Trinajstić information content (AvgIpc) is 2.89. The van der Waals surface area contributed by atoms with Crippen LogP contribution in [0.1, 0.15) is 30.6 Å². The highest BCUT2D eigenvalue weighted by Gasteiger charge is 2.70. The van der Waals surface area contributed by atoms with Crippen molar-refractivity contribution in [3.63, 3.8) is 0 Å². The lowest BCUT2D eigenvalue weighted by Gasteiger charge is -2.33. The third-order valence-corrected chi connectivity index (χ3v) is 4.60. The number of rotatable bonds is 6. The zero-order valence-corrected chi connectivity index (χ0v) is 16.3. The summed E-state index contributed by atoms with van der Waals surface area (Å²) in [7, 11) is 2.24. The van der Waals surface area contributed by atoms with E-state index in [4.69, 9.17) is 4.74 Å². The van der Waals surface area contributed by atoms with E-state index in [0.717, 1.165) is 12.0 Å². The number of methoxy groups -OCH3 is 2. The summed E-state index contributed by atoms with van der Waals surface area (Å²) < 4.78 is 52.4. The Bertz CT molecular complexity index is 866. The normalized spacial score (nSPS) is 19.4. The molecule has 1 N–H and O–H groups in total. The number of allylic oxidation sites excluding steroid dienone is 1. The molecule has 1 aromatic carbocycles. The molecule has 1 aromatic rings. The molecule has 0 bridgehead atoms. The maximum absolute atomic E-state index is 14.3. The summed E-state index contributed by atoms with van der Waals surface area (Å²) >= 11 is 0. The molecule has 0 aliphatic carbocycles. The Morgan fingerprint density at radius 3 is 2.41 bits per heavy atom. The Morgan fingerprint density at radius 2 is 1.90 bits per heavy atom. The molecule has 0 fully saturated rings. The van der Waals surface area contributed by atoms with Crippen molar-refractivity contribution >= 4 is 17.8 Å². The lowest BCUT2D eigenvalue weighted by Crippen LogP contribution is -2.66. The molecule has 0 radical (unpaired) electrons. The van der Waals surface area contributed by atoms with Gasteiger partial charge in [-0.25, -0.2) is 4.79 Å². The predicted molar refractivity (Wildman–Crippen MR) is 96.0 cm³/mol. The van der Waals surface area contributed by atoms with Crippen molar-refractivity contribution < 1.29 is 37.0 Å². The van der Waals surface area contributed by atoms with Crippen LogP contribution in [-0.2, 0) is 14.3 Å². The van der Waals surface area contributed by atoms with Crippen molar-refractivity contribution in [3.05, 3.63) is 41.1 Å². The van der Waals surface area contributed by atoms with Gasteiger partial charge in [-0.3, -0.25) is 9.59 Å². The van der Waals surface area contributed by atoms with Crippen LogP contribution in [0.25, 0.3) is 0 Å². The smallest absolute Gasteiger partial charge is 0.425 e. The Balaban J connectivity index is 2.65. The van der Waals surface area contributed by atoms with Gasteiger partial charge in [0.2, 0.25) is 0 Å². The summed E-state index contributed by atoms with van der Waals surface area (Å²) in [5.74, 6) is -3.76. The monoisotopic (exact) mass is 414 g/mol. The summed E-state index contributed by atoms with van der Waals surface area (Å²) in [6.07, 6.45) is -4.96. The highest BCUT2D eigenvalue weighted by atomic mass is 19.4. The number of amides is 2. The van der Waals surface area contributed by atoms with Crippen LogP contribution < -0.4 is 10.1 Å². The molecular weight excluding hydrogens is 393 g/mol. The van der Waals surface area contributed by atoms with E-state index in [0.29, 0.717) is 6.42 Å². The molecule has 2 rings (SSSR count). The number of carbonyl (C=O) groups excluding carboxylic acids is 3. The van der Waals surface area contributed by atoms with E-state index in [1.807, 2.05) is 0 Å².